The first-order chi connectivity index (χ1) is 7.64. The summed E-state index contributed by atoms with van der Waals surface area (Å²) in [4.78, 5) is 20.5. The standard InChI is InChI=1S/C9H5BrF3NO3/c1-4(15)6-2-5(10)3-7(14(16)17)8(6)9(11,12)13/h2-3H,1H3. The molecular weight excluding hydrogens is 307 g/mol. The van der Waals surface area contributed by atoms with E-state index in [1.807, 2.05) is 0 Å². The molecular formula is C9H5BrF3NO3. The number of Topliss-reactive ketones (excluding diaryl/α,β-unsaturated/α-hetero) is 1. The lowest BCUT2D eigenvalue weighted by molar-refractivity contribution is -0.388. The van der Waals surface area contributed by atoms with Crippen LogP contribution < -0.4 is 0 Å². The van der Waals surface area contributed by atoms with Gasteiger partial charge in [0.05, 0.1) is 4.92 Å². The van der Waals surface area contributed by atoms with E-state index in [2.05, 4.69) is 15.9 Å². The molecule has 1 aromatic carbocycles. The normalized spacial score (nSPS) is 11.4. The molecule has 0 amide bonds. The van der Waals surface area contributed by atoms with Crippen molar-refractivity contribution in [2.24, 2.45) is 0 Å². The van der Waals surface area contributed by atoms with E-state index >= 15 is 0 Å². The third kappa shape index (κ3) is 2.82. The number of hydrogen-bond acceptors (Lipinski definition) is 3. The average Bonchev–Trinajstić information content (AvgIpc) is 2.14. The summed E-state index contributed by atoms with van der Waals surface area (Å²) in [7, 11) is 0. The summed E-state index contributed by atoms with van der Waals surface area (Å²) in [6, 6.07) is 1.63. The SMILES string of the molecule is CC(=O)c1cc(Br)cc([N+](=O)[O-])c1C(F)(F)F. The van der Waals surface area contributed by atoms with Crippen molar-refractivity contribution < 1.29 is 22.9 Å². The van der Waals surface area contributed by atoms with Crippen molar-refractivity contribution in [3.05, 3.63) is 37.8 Å². The van der Waals surface area contributed by atoms with E-state index in [0.29, 0.717) is 0 Å². The van der Waals surface area contributed by atoms with Gasteiger partial charge >= 0.3 is 6.18 Å². The number of hydrogen-bond donors (Lipinski definition) is 0. The van der Waals surface area contributed by atoms with Crippen LogP contribution in [0.15, 0.2) is 16.6 Å². The fourth-order valence-electron chi connectivity index (χ4n) is 1.31. The van der Waals surface area contributed by atoms with Gasteiger partial charge in [-0.15, -0.1) is 0 Å². The topological polar surface area (TPSA) is 60.2 Å². The van der Waals surface area contributed by atoms with Crippen LogP contribution in [0.1, 0.15) is 22.8 Å². The van der Waals surface area contributed by atoms with Gasteiger partial charge in [-0.3, -0.25) is 14.9 Å². The number of carbonyl (C=O) groups is 1. The number of rotatable bonds is 2. The Hall–Kier alpha value is -1.44. The Balaban J connectivity index is 3.72. The maximum atomic E-state index is 12.7. The molecule has 1 rings (SSSR count). The van der Waals surface area contributed by atoms with E-state index in [1.165, 1.54) is 0 Å². The van der Waals surface area contributed by atoms with Gasteiger partial charge in [-0.2, -0.15) is 13.2 Å². The monoisotopic (exact) mass is 311 g/mol. The molecule has 0 saturated heterocycles. The van der Waals surface area contributed by atoms with Gasteiger partial charge < -0.3 is 0 Å². The molecule has 8 heteroatoms. The Bertz CT molecular complexity index is 464. The molecule has 0 saturated carbocycles. The summed E-state index contributed by atoms with van der Waals surface area (Å²) in [5.41, 5.74) is -3.38. The summed E-state index contributed by atoms with van der Waals surface area (Å²) < 4.78 is 38.1. The zero-order valence-corrected chi connectivity index (χ0v) is 9.92. The Kier molecular flexibility index (Phi) is 3.56. The first-order valence-electron chi connectivity index (χ1n) is 4.20. The van der Waals surface area contributed by atoms with E-state index in [0.717, 1.165) is 19.1 Å². The van der Waals surface area contributed by atoms with Crippen LogP contribution >= 0.6 is 15.9 Å². The zero-order valence-electron chi connectivity index (χ0n) is 8.34. The second-order valence-electron chi connectivity index (χ2n) is 3.16. The fourth-order valence-corrected chi connectivity index (χ4v) is 1.76. The minimum atomic E-state index is -4.95. The number of halogens is 4. The number of benzene rings is 1. The molecule has 0 heterocycles. The van der Waals surface area contributed by atoms with Crippen molar-refractivity contribution in [2.45, 2.75) is 13.1 Å². The molecule has 0 unspecified atom stereocenters. The highest BCUT2D eigenvalue weighted by atomic mass is 79.9. The number of carbonyl (C=O) groups excluding carboxylic acids is 1. The number of alkyl halides is 3. The molecule has 0 atom stereocenters. The van der Waals surface area contributed by atoms with Crippen molar-refractivity contribution in [3.63, 3.8) is 0 Å². The smallest absolute Gasteiger partial charge is 0.294 e. The molecule has 0 N–H and O–H groups in total. The molecule has 0 bridgehead atoms. The third-order valence-corrected chi connectivity index (χ3v) is 2.40. The molecule has 0 spiro atoms. The van der Waals surface area contributed by atoms with Crippen LogP contribution in [0.4, 0.5) is 18.9 Å². The highest BCUT2D eigenvalue weighted by molar-refractivity contribution is 9.10. The van der Waals surface area contributed by atoms with Gasteiger partial charge in [-0.25, -0.2) is 0 Å². The summed E-state index contributed by atoms with van der Waals surface area (Å²) in [5, 5.41) is 10.6. The van der Waals surface area contributed by atoms with Crippen molar-refractivity contribution in [2.75, 3.05) is 0 Å². The van der Waals surface area contributed by atoms with E-state index in [4.69, 9.17) is 0 Å². The van der Waals surface area contributed by atoms with Crippen molar-refractivity contribution in [1.82, 2.24) is 0 Å². The molecule has 1 aromatic rings. The van der Waals surface area contributed by atoms with Gasteiger partial charge in [0.25, 0.3) is 5.69 Å². The molecule has 17 heavy (non-hydrogen) atoms. The highest BCUT2D eigenvalue weighted by Gasteiger charge is 2.42. The van der Waals surface area contributed by atoms with Gasteiger partial charge in [0, 0.05) is 16.1 Å². The van der Waals surface area contributed by atoms with Crippen molar-refractivity contribution in [1.29, 1.82) is 0 Å². The van der Waals surface area contributed by atoms with Crippen LogP contribution in [0, 0.1) is 10.1 Å². The molecule has 92 valence electrons. The molecule has 0 aliphatic heterocycles. The van der Waals surface area contributed by atoms with E-state index in [9.17, 15) is 28.1 Å². The average molecular weight is 312 g/mol. The quantitative estimate of drug-likeness (QED) is 0.476. The predicted octanol–water partition coefficient (Wildman–Crippen LogP) is 3.58. The van der Waals surface area contributed by atoms with E-state index in [-0.39, 0.29) is 4.47 Å². The molecule has 4 nitrogen and oxygen atoms in total. The summed E-state index contributed by atoms with van der Waals surface area (Å²) in [5.74, 6) is -0.887. The fraction of sp³-hybridized carbons (Fsp3) is 0.222. The second kappa shape index (κ2) is 4.44. The van der Waals surface area contributed by atoms with E-state index in [1.54, 1.807) is 0 Å². The second-order valence-corrected chi connectivity index (χ2v) is 4.07. The van der Waals surface area contributed by atoms with Crippen molar-refractivity contribution >= 4 is 27.4 Å². The lowest BCUT2D eigenvalue weighted by Crippen LogP contribution is -2.14. The molecule has 0 radical (unpaired) electrons. The van der Waals surface area contributed by atoms with Gasteiger partial charge in [0.1, 0.15) is 5.56 Å². The zero-order chi connectivity index (χ0) is 13.4. The Labute approximate surface area is 102 Å². The van der Waals surface area contributed by atoms with Crippen LogP contribution in [0.3, 0.4) is 0 Å². The molecule has 0 aromatic heterocycles. The number of nitrogens with zero attached hydrogens (tertiary/aromatic N) is 1. The van der Waals surface area contributed by atoms with Gasteiger partial charge in [-0.05, 0) is 13.0 Å². The van der Waals surface area contributed by atoms with Crippen LogP contribution in [-0.2, 0) is 6.18 Å². The Morgan fingerprint density at radius 1 is 1.41 bits per heavy atom. The predicted molar refractivity (Wildman–Crippen MR) is 55.8 cm³/mol. The van der Waals surface area contributed by atoms with Crippen LogP contribution in [0.5, 0.6) is 0 Å². The largest absolute Gasteiger partial charge is 0.423 e. The third-order valence-electron chi connectivity index (χ3n) is 1.94. The van der Waals surface area contributed by atoms with Gasteiger partial charge in [0.15, 0.2) is 5.78 Å². The lowest BCUT2D eigenvalue weighted by Gasteiger charge is -2.11. The first-order valence-corrected chi connectivity index (χ1v) is 5.00. The van der Waals surface area contributed by atoms with Crippen LogP contribution in [-0.4, -0.2) is 10.7 Å². The van der Waals surface area contributed by atoms with Gasteiger partial charge in [-0.1, -0.05) is 15.9 Å². The summed E-state index contributed by atoms with van der Waals surface area (Å²) >= 11 is 2.83. The first kappa shape index (κ1) is 13.6. The number of nitro groups is 1. The van der Waals surface area contributed by atoms with Crippen LogP contribution in [0.25, 0.3) is 0 Å². The van der Waals surface area contributed by atoms with Crippen LogP contribution in [0.2, 0.25) is 0 Å². The minimum Gasteiger partial charge on any atom is -0.294 e. The minimum absolute atomic E-state index is 0.0439. The number of ketones is 1. The lowest BCUT2D eigenvalue weighted by atomic mass is 10.0. The molecule has 0 fully saturated rings. The Morgan fingerprint density at radius 2 is 1.94 bits per heavy atom. The molecule has 0 aliphatic carbocycles. The number of nitro benzene ring substituents is 1. The maximum absolute atomic E-state index is 12.7. The Morgan fingerprint density at radius 3 is 2.29 bits per heavy atom. The maximum Gasteiger partial charge on any atom is 0.423 e. The molecule has 0 aliphatic rings. The van der Waals surface area contributed by atoms with Gasteiger partial charge in [0.2, 0.25) is 0 Å². The van der Waals surface area contributed by atoms with E-state index < -0.39 is 33.7 Å². The summed E-state index contributed by atoms with van der Waals surface area (Å²) in [6.07, 6.45) is -4.95. The highest BCUT2D eigenvalue weighted by Crippen LogP contribution is 2.40. The summed E-state index contributed by atoms with van der Waals surface area (Å²) in [6.45, 7) is 0.917. The van der Waals surface area contributed by atoms with Crippen molar-refractivity contribution in [3.8, 4) is 0 Å².